The average molecular weight is 336 g/mol. The lowest BCUT2D eigenvalue weighted by molar-refractivity contribution is -0.167. The third-order valence-corrected chi connectivity index (χ3v) is 4.46. The molecule has 12 heteroatoms. The van der Waals surface area contributed by atoms with Crippen LogP contribution in [0.2, 0.25) is 0 Å². The molecular weight excluding hydrogens is 318 g/mol. The third-order valence-electron chi connectivity index (χ3n) is 3.42. The first kappa shape index (κ1) is 18.2. The van der Waals surface area contributed by atoms with Gasteiger partial charge in [0, 0.05) is 0 Å². The van der Waals surface area contributed by atoms with Crippen LogP contribution in [0.3, 0.4) is 0 Å². The maximum atomic E-state index is 10.9. The minimum absolute atomic E-state index is 0.627. The Labute approximate surface area is 114 Å². The highest BCUT2D eigenvalue weighted by molar-refractivity contribution is 7.46. The average Bonchev–Trinajstić information content (AvgIpc) is 2.25. The highest BCUT2D eigenvalue weighted by atomic mass is 31.2. The lowest BCUT2D eigenvalue weighted by Crippen LogP contribution is -2.58. The monoisotopic (exact) mass is 336 g/mol. The molecule has 1 saturated carbocycles. The largest absolute Gasteiger partial charge is 0.470 e. The molecule has 1 aliphatic carbocycles. The lowest BCUT2D eigenvalue weighted by Gasteiger charge is -2.44. The SMILES string of the molecule is CC1C(C)C(O)C(OP(=O)(O)O)C(OP(=O)(O)O)C1O. The number of aliphatic hydroxyl groups excluding tert-OH is 2. The van der Waals surface area contributed by atoms with E-state index >= 15 is 0 Å². The molecule has 1 fully saturated rings. The summed E-state index contributed by atoms with van der Waals surface area (Å²) >= 11 is 0. The molecule has 20 heavy (non-hydrogen) atoms. The van der Waals surface area contributed by atoms with Gasteiger partial charge in [0.2, 0.25) is 0 Å². The summed E-state index contributed by atoms with van der Waals surface area (Å²) in [5, 5.41) is 19.9. The first-order valence-electron chi connectivity index (χ1n) is 5.67. The highest BCUT2D eigenvalue weighted by Gasteiger charge is 2.51. The van der Waals surface area contributed by atoms with Gasteiger partial charge in [-0.25, -0.2) is 9.13 Å². The van der Waals surface area contributed by atoms with Crippen molar-refractivity contribution >= 4 is 15.6 Å². The third kappa shape index (κ3) is 4.57. The molecule has 0 bridgehead atoms. The van der Waals surface area contributed by atoms with Crippen LogP contribution >= 0.6 is 15.6 Å². The van der Waals surface area contributed by atoms with Crippen LogP contribution in [-0.2, 0) is 18.2 Å². The van der Waals surface area contributed by atoms with Crippen LogP contribution in [0.1, 0.15) is 13.8 Å². The van der Waals surface area contributed by atoms with E-state index in [1.165, 1.54) is 13.8 Å². The fraction of sp³-hybridized carbons (Fsp3) is 1.00. The zero-order valence-corrected chi connectivity index (χ0v) is 12.5. The maximum absolute atomic E-state index is 10.9. The smallest absolute Gasteiger partial charge is 0.390 e. The van der Waals surface area contributed by atoms with Crippen LogP contribution in [0, 0.1) is 11.8 Å². The number of phosphoric ester groups is 2. The summed E-state index contributed by atoms with van der Waals surface area (Å²) < 4.78 is 30.4. The number of hydrogen-bond donors (Lipinski definition) is 6. The molecule has 0 aliphatic heterocycles. The summed E-state index contributed by atoms with van der Waals surface area (Å²) in [5.74, 6) is -1.25. The van der Waals surface area contributed by atoms with Crippen LogP contribution in [0.5, 0.6) is 0 Å². The van der Waals surface area contributed by atoms with Gasteiger partial charge in [-0.3, -0.25) is 9.05 Å². The van der Waals surface area contributed by atoms with Gasteiger partial charge in [-0.1, -0.05) is 13.8 Å². The van der Waals surface area contributed by atoms with Gasteiger partial charge in [-0.05, 0) is 11.8 Å². The van der Waals surface area contributed by atoms with E-state index in [9.17, 15) is 19.3 Å². The Morgan fingerprint density at radius 2 is 1.00 bits per heavy atom. The Morgan fingerprint density at radius 1 is 0.750 bits per heavy atom. The van der Waals surface area contributed by atoms with E-state index in [0.717, 1.165) is 0 Å². The topological polar surface area (TPSA) is 174 Å². The molecule has 0 saturated heterocycles. The Morgan fingerprint density at radius 3 is 1.20 bits per heavy atom. The van der Waals surface area contributed by atoms with Crippen LogP contribution in [0.15, 0.2) is 0 Å². The second kappa shape index (κ2) is 6.10. The molecule has 1 aliphatic rings. The van der Waals surface area contributed by atoms with Crippen molar-refractivity contribution in [2.24, 2.45) is 11.8 Å². The molecule has 0 heterocycles. The molecule has 6 N–H and O–H groups in total. The first-order valence-corrected chi connectivity index (χ1v) is 8.73. The summed E-state index contributed by atoms with van der Waals surface area (Å²) in [7, 11) is -10.1. The summed E-state index contributed by atoms with van der Waals surface area (Å²) in [6.45, 7) is 3.00. The summed E-state index contributed by atoms with van der Waals surface area (Å²) in [6, 6.07) is 0. The van der Waals surface area contributed by atoms with Crippen molar-refractivity contribution < 1.29 is 48.0 Å². The van der Waals surface area contributed by atoms with E-state index in [0.29, 0.717) is 0 Å². The minimum Gasteiger partial charge on any atom is -0.390 e. The first-order chi connectivity index (χ1) is 8.83. The Balaban J connectivity index is 3.09. The van der Waals surface area contributed by atoms with Gasteiger partial charge >= 0.3 is 15.6 Å². The highest BCUT2D eigenvalue weighted by Crippen LogP contribution is 2.48. The number of phosphoric acid groups is 2. The van der Waals surface area contributed by atoms with Crippen molar-refractivity contribution in [3.05, 3.63) is 0 Å². The number of hydrogen-bond acceptors (Lipinski definition) is 6. The van der Waals surface area contributed by atoms with Gasteiger partial charge < -0.3 is 29.8 Å². The zero-order chi connectivity index (χ0) is 15.9. The van der Waals surface area contributed by atoms with Gasteiger partial charge in [-0.2, -0.15) is 0 Å². The van der Waals surface area contributed by atoms with Gasteiger partial charge in [0.15, 0.2) is 0 Å². The summed E-state index contributed by atoms with van der Waals surface area (Å²) in [5.41, 5.74) is 0. The molecule has 120 valence electrons. The van der Waals surface area contributed by atoms with Crippen molar-refractivity contribution in [3.63, 3.8) is 0 Å². The Hall–Kier alpha value is 0.140. The van der Waals surface area contributed by atoms with E-state index in [4.69, 9.17) is 19.6 Å². The van der Waals surface area contributed by atoms with E-state index in [1.54, 1.807) is 0 Å². The van der Waals surface area contributed by atoms with Crippen molar-refractivity contribution in [2.75, 3.05) is 0 Å². The molecule has 0 aromatic rings. The standard InChI is InChI=1S/C8H18O10P2/c1-3-4(2)6(10)8(18-20(14,15)16)7(5(3)9)17-19(11,12)13/h3-10H,1-2H3,(H2,11,12,13)(H2,14,15,16). The molecular formula is C8H18O10P2. The van der Waals surface area contributed by atoms with E-state index in [1.807, 2.05) is 0 Å². The molecule has 6 unspecified atom stereocenters. The van der Waals surface area contributed by atoms with Crippen LogP contribution in [0.25, 0.3) is 0 Å². The Kier molecular flexibility index (Phi) is 5.55. The van der Waals surface area contributed by atoms with Crippen molar-refractivity contribution in [1.29, 1.82) is 0 Å². The van der Waals surface area contributed by atoms with Crippen molar-refractivity contribution in [1.82, 2.24) is 0 Å². The van der Waals surface area contributed by atoms with Crippen molar-refractivity contribution in [2.45, 2.75) is 38.3 Å². The van der Waals surface area contributed by atoms with E-state index in [2.05, 4.69) is 9.05 Å². The quantitative estimate of drug-likeness (QED) is 0.347. The molecule has 0 spiro atoms. The van der Waals surface area contributed by atoms with Crippen LogP contribution in [-0.4, -0.2) is 54.2 Å². The van der Waals surface area contributed by atoms with E-state index in [-0.39, 0.29) is 0 Å². The lowest BCUT2D eigenvalue weighted by atomic mass is 9.74. The normalized spacial score (nSPS) is 39.8. The predicted molar refractivity (Wildman–Crippen MR) is 64.2 cm³/mol. The van der Waals surface area contributed by atoms with Gasteiger partial charge in [-0.15, -0.1) is 0 Å². The van der Waals surface area contributed by atoms with Crippen molar-refractivity contribution in [3.8, 4) is 0 Å². The predicted octanol–water partition coefficient (Wildman–Crippen LogP) is -1.05. The fourth-order valence-electron chi connectivity index (χ4n) is 2.17. The van der Waals surface area contributed by atoms with Crippen LogP contribution in [0.4, 0.5) is 0 Å². The molecule has 0 aromatic carbocycles. The molecule has 0 aromatic heterocycles. The van der Waals surface area contributed by atoms with Gasteiger partial charge in [0.1, 0.15) is 12.2 Å². The second-order valence-electron chi connectivity index (χ2n) is 4.82. The summed E-state index contributed by atoms with van der Waals surface area (Å²) in [4.78, 5) is 35.2. The summed E-state index contributed by atoms with van der Waals surface area (Å²) in [6.07, 6.45) is -6.50. The molecule has 10 nitrogen and oxygen atoms in total. The fourth-order valence-corrected chi connectivity index (χ4v) is 3.29. The molecule has 1 rings (SSSR count). The molecule has 0 radical (unpaired) electrons. The van der Waals surface area contributed by atoms with Crippen LogP contribution < -0.4 is 0 Å². The van der Waals surface area contributed by atoms with Gasteiger partial charge in [0.05, 0.1) is 12.2 Å². The van der Waals surface area contributed by atoms with Gasteiger partial charge in [0.25, 0.3) is 0 Å². The second-order valence-corrected chi connectivity index (χ2v) is 7.20. The Bertz CT molecular complexity index is 389. The molecule has 6 atom stereocenters. The number of aliphatic hydroxyl groups is 2. The number of rotatable bonds is 4. The maximum Gasteiger partial charge on any atom is 0.470 e. The molecule has 0 amide bonds. The van der Waals surface area contributed by atoms with E-state index < -0.39 is 51.9 Å². The minimum atomic E-state index is -5.05. The zero-order valence-electron chi connectivity index (χ0n) is 10.7.